The Kier molecular flexibility index (Phi) is 3.47. The highest BCUT2D eigenvalue weighted by Gasteiger charge is 2.08. The molecule has 0 aliphatic carbocycles. The number of ether oxygens (including phenoxy) is 1. The number of carboxylic acid groups (broad SMARTS) is 1. The van der Waals surface area contributed by atoms with Gasteiger partial charge in [-0.25, -0.2) is 4.79 Å². The Morgan fingerprint density at radius 2 is 2.28 bits per heavy atom. The Morgan fingerprint density at radius 1 is 1.50 bits per heavy atom. The lowest BCUT2D eigenvalue weighted by molar-refractivity contribution is 0.0690. The number of carboxylic acids is 1. The zero-order valence-corrected chi connectivity index (χ0v) is 9.80. The molecule has 1 aromatic carbocycles. The number of para-hydroxylation sites is 1. The van der Waals surface area contributed by atoms with Crippen LogP contribution in [0.5, 0.6) is 5.75 Å². The van der Waals surface area contributed by atoms with Gasteiger partial charge in [-0.3, -0.25) is 5.10 Å². The van der Waals surface area contributed by atoms with E-state index >= 15 is 0 Å². The number of aromatic amines is 1. The van der Waals surface area contributed by atoms with Crippen LogP contribution < -0.4 is 10.1 Å². The molecule has 1 heterocycles. The number of nitrogens with one attached hydrogen (secondary N) is 2. The van der Waals surface area contributed by atoms with Crippen molar-refractivity contribution in [3.63, 3.8) is 0 Å². The van der Waals surface area contributed by atoms with E-state index in [-0.39, 0.29) is 5.69 Å². The molecule has 3 N–H and O–H groups in total. The molecule has 94 valence electrons. The molecule has 0 fully saturated rings. The van der Waals surface area contributed by atoms with Gasteiger partial charge in [-0.15, -0.1) is 0 Å². The molecule has 0 spiro atoms. The van der Waals surface area contributed by atoms with Crippen molar-refractivity contribution in [2.45, 2.75) is 6.54 Å². The van der Waals surface area contributed by atoms with Gasteiger partial charge in [0.25, 0.3) is 0 Å². The minimum atomic E-state index is -1.03. The second-order valence-corrected chi connectivity index (χ2v) is 3.64. The van der Waals surface area contributed by atoms with Crippen molar-refractivity contribution in [1.82, 2.24) is 10.2 Å². The topological polar surface area (TPSA) is 87.2 Å². The van der Waals surface area contributed by atoms with Crippen molar-refractivity contribution in [3.8, 4) is 5.75 Å². The minimum Gasteiger partial charge on any atom is -0.496 e. The third-order valence-electron chi connectivity index (χ3n) is 2.46. The molecule has 0 saturated carbocycles. The molecule has 0 radical (unpaired) electrons. The molecule has 0 atom stereocenters. The van der Waals surface area contributed by atoms with Gasteiger partial charge in [0, 0.05) is 18.2 Å². The number of methoxy groups -OCH3 is 1. The second kappa shape index (κ2) is 5.22. The maximum atomic E-state index is 10.7. The first-order valence-electron chi connectivity index (χ1n) is 5.35. The molecule has 6 heteroatoms. The van der Waals surface area contributed by atoms with Gasteiger partial charge >= 0.3 is 5.97 Å². The van der Waals surface area contributed by atoms with Crippen LogP contribution in [-0.4, -0.2) is 28.4 Å². The molecule has 1 aromatic heterocycles. The van der Waals surface area contributed by atoms with Crippen molar-refractivity contribution < 1.29 is 14.6 Å². The van der Waals surface area contributed by atoms with Crippen LogP contribution in [0.15, 0.2) is 30.3 Å². The van der Waals surface area contributed by atoms with Crippen LogP contribution in [0.4, 0.5) is 5.82 Å². The Balaban J connectivity index is 2.04. The fraction of sp³-hybridized carbons (Fsp3) is 0.167. The maximum absolute atomic E-state index is 10.7. The van der Waals surface area contributed by atoms with Crippen LogP contribution in [0.3, 0.4) is 0 Å². The molecule has 0 aliphatic heterocycles. The van der Waals surface area contributed by atoms with Crippen LogP contribution in [0.2, 0.25) is 0 Å². The number of aromatic nitrogens is 2. The van der Waals surface area contributed by atoms with Crippen molar-refractivity contribution in [1.29, 1.82) is 0 Å². The SMILES string of the molecule is COc1ccccc1CNc1cc(C(=O)O)[nH]n1. The largest absolute Gasteiger partial charge is 0.496 e. The summed E-state index contributed by atoms with van der Waals surface area (Å²) in [6, 6.07) is 9.03. The molecular formula is C12H13N3O3. The van der Waals surface area contributed by atoms with Crippen LogP contribution >= 0.6 is 0 Å². The van der Waals surface area contributed by atoms with Crippen LogP contribution in [-0.2, 0) is 6.54 Å². The Bertz CT molecular complexity index is 551. The van der Waals surface area contributed by atoms with E-state index in [1.165, 1.54) is 6.07 Å². The number of nitrogens with zero attached hydrogens (tertiary/aromatic N) is 1. The first-order chi connectivity index (χ1) is 8.70. The zero-order valence-electron chi connectivity index (χ0n) is 9.80. The highest BCUT2D eigenvalue weighted by atomic mass is 16.5. The van der Waals surface area contributed by atoms with Crippen molar-refractivity contribution in [3.05, 3.63) is 41.6 Å². The fourth-order valence-corrected chi connectivity index (χ4v) is 1.56. The van der Waals surface area contributed by atoms with E-state index in [0.717, 1.165) is 11.3 Å². The molecule has 0 saturated heterocycles. The summed E-state index contributed by atoms with van der Waals surface area (Å²) in [7, 11) is 1.61. The summed E-state index contributed by atoms with van der Waals surface area (Å²) in [5, 5.41) is 18.0. The van der Waals surface area contributed by atoms with Gasteiger partial charge in [0.2, 0.25) is 0 Å². The smallest absolute Gasteiger partial charge is 0.353 e. The van der Waals surface area contributed by atoms with Gasteiger partial charge in [0.1, 0.15) is 17.3 Å². The summed E-state index contributed by atoms with van der Waals surface area (Å²) in [5.74, 6) is 0.227. The van der Waals surface area contributed by atoms with Gasteiger partial charge in [-0.05, 0) is 6.07 Å². The van der Waals surface area contributed by atoms with E-state index in [0.29, 0.717) is 12.4 Å². The summed E-state index contributed by atoms with van der Waals surface area (Å²) in [6.45, 7) is 0.508. The van der Waals surface area contributed by atoms with Crippen LogP contribution in [0.25, 0.3) is 0 Å². The third kappa shape index (κ3) is 2.60. The minimum absolute atomic E-state index is 0.0533. The average Bonchev–Trinajstić information content (AvgIpc) is 2.85. The summed E-state index contributed by atoms with van der Waals surface area (Å²) >= 11 is 0. The summed E-state index contributed by atoms with van der Waals surface area (Å²) in [6.07, 6.45) is 0. The first-order valence-corrected chi connectivity index (χ1v) is 5.35. The standard InChI is InChI=1S/C12H13N3O3/c1-18-10-5-3-2-4-8(10)7-13-11-6-9(12(16)17)14-15-11/h2-6H,7H2,1H3,(H,16,17)(H2,13,14,15). The molecule has 0 aliphatic rings. The predicted molar refractivity (Wildman–Crippen MR) is 65.9 cm³/mol. The Morgan fingerprint density at radius 3 is 2.94 bits per heavy atom. The molecule has 0 unspecified atom stereocenters. The number of rotatable bonds is 5. The summed E-state index contributed by atoms with van der Waals surface area (Å²) in [5.41, 5.74) is 1.03. The molecule has 2 rings (SSSR count). The quantitative estimate of drug-likeness (QED) is 0.749. The van der Waals surface area contributed by atoms with Crippen molar-refractivity contribution in [2.75, 3.05) is 12.4 Å². The van der Waals surface area contributed by atoms with E-state index in [2.05, 4.69) is 15.5 Å². The van der Waals surface area contributed by atoms with Crippen LogP contribution in [0, 0.1) is 0 Å². The lowest BCUT2D eigenvalue weighted by Gasteiger charge is -2.08. The molecule has 18 heavy (non-hydrogen) atoms. The first kappa shape index (κ1) is 12.0. The predicted octanol–water partition coefficient (Wildman–Crippen LogP) is 1.73. The summed E-state index contributed by atoms with van der Waals surface area (Å²) in [4.78, 5) is 10.7. The number of anilines is 1. The maximum Gasteiger partial charge on any atom is 0.353 e. The second-order valence-electron chi connectivity index (χ2n) is 3.64. The average molecular weight is 247 g/mol. The van der Waals surface area contributed by atoms with E-state index in [1.807, 2.05) is 24.3 Å². The van der Waals surface area contributed by atoms with Gasteiger partial charge < -0.3 is 15.2 Å². The molecule has 6 nitrogen and oxygen atoms in total. The van der Waals surface area contributed by atoms with E-state index < -0.39 is 5.97 Å². The Hall–Kier alpha value is -2.50. The monoisotopic (exact) mass is 247 g/mol. The Labute approximate surface area is 104 Å². The lowest BCUT2D eigenvalue weighted by Crippen LogP contribution is -2.01. The highest BCUT2D eigenvalue weighted by Crippen LogP contribution is 2.18. The van der Waals surface area contributed by atoms with Gasteiger partial charge in [-0.2, -0.15) is 5.10 Å². The summed E-state index contributed by atoms with van der Waals surface area (Å²) < 4.78 is 5.21. The number of benzene rings is 1. The van der Waals surface area contributed by atoms with Gasteiger partial charge in [0.15, 0.2) is 0 Å². The number of hydrogen-bond acceptors (Lipinski definition) is 4. The van der Waals surface area contributed by atoms with E-state index in [9.17, 15) is 4.79 Å². The van der Waals surface area contributed by atoms with E-state index in [1.54, 1.807) is 7.11 Å². The third-order valence-corrected chi connectivity index (χ3v) is 2.46. The molecular weight excluding hydrogens is 234 g/mol. The molecule has 2 aromatic rings. The van der Waals surface area contributed by atoms with Gasteiger partial charge in [-0.1, -0.05) is 18.2 Å². The van der Waals surface area contributed by atoms with E-state index in [4.69, 9.17) is 9.84 Å². The number of carbonyl (C=O) groups is 1. The van der Waals surface area contributed by atoms with Gasteiger partial charge in [0.05, 0.1) is 7.11 Å². The zero-order chi connectivity index (χ0) is 13.0. The number of H-pyrrole nitrogens is 1. The normalized spacial score (nSPS) is 10.1. The van der Waals surface area contributed by atoms with Crippen LogP contribution in [0.1, 0.15) is 16.1 Å². The van der Waals surface area contributed by atoms with Crippen molar-refractivity contribution >= 4 is 11.8 Å². The van der Waals surface area contributed by atoms with Crippen molar-refractivity contribution in [2.24, 2.45) is 0 Å². The molecule has 0 bridgehead atoms. The number of hydrogen-bond donors (Lipinski definition) is 3. The lowest BCUT2D eigenvalue weighted by atomic mass is 10.2. The molecule has 0 amide bonds. The highest BCUT2D eigenvalue weighted by molar-refractivity contribution is 5.86. The number of aromatic carboxylic acids is 1. The fourth-order valence-electron chi connectivity index (χ4n) is 1.56.